The second kappa shape index (κ2) is 6.01. The highest BCUT2D eigenvalue weighted by molar-refractivity contribution is 6.16. The van der Waals surface area contributed by atoms with E-state index in [2.05, 4.69) is 48.4 Å². The van der Waals surface area contributed by atoms with Gasteiger partial charge in [-0.1, -0.05) is 48.4 Å². The van der Waals surface area contributed by atoms with Crippen LogP contribution in [0.15, 0.2) is 24.3 Å². The van der Waals surface area contributed by atoms with E-state index in [0.29, 0.717) is 5.88 Å². The van der Waals surface area contributed by atoms with E-state index in [4.69, 9.17) is 11.6 Å². The smallest absolute Gasteiger partial charge is 0.101 e. The summed E-state index contributed by atoms with van der Waals surface area (Å²) in [6.07, 6.45) is 2.05. The molecule has 3 nitrogen and oxygen atoms in total. The normalized spacial score (nSPS) is 10.8. The van der Waals surface area contributed by atoms with Gasteiger partial charge in [0.2, 0.25) is 0 Å². The predicted octanol–water partition coefficient (Wildman–Crippen LogP) is 3.33. The largest absolute Gasteiger partial charge is 0.245 e. The topological polar surface area (TPSA) is 30.7 Å². The first-order chi connectivity index (χ1) is 8.74. The number of halogens is 1. The van der Waals surface area contributed by atoms with Crippen LogP contribution in [0.3, 0.4) is 0 Å². The highest BCUT2D eigenvalue weighted by atomic mass is 35.5. The van der Waals surface area contributed by atoms with Crippen molar-refractivity contribution >= 4 is 11.6 Å². The van der Waals surface area contributed by atoms with Crippen molar-refractivity contribution in [2.45, 2.75) is 39.1 Å². The molecule has 0 N–H and O–H groups in total. The zero-order chi connectivity index (χ0) is 13.0. The fourth-order valence-corrected chi connectivity index (χ4v) is 2.18. The minimum absolute atomic E-state index is 0.434. The molecule has 2 aromatic rings. The molecule has 0 unspecified atom stereocenters. The molecule has 0 amide bonds. The maximum Gasteiger partial charge on any atom is 0.101 e. The fraction of sp³-hybridized carbons (Fsp3) is 0.429. The third-order valence-electron chi connectivity index (χ3n) is 2.98. The molecule has 2 rings (SSSR count). The zero-order valence-electron chi connectivity index (χ0n) is 10.9. The van der Waals surface area contributed by atoms with Crippen molar-refractivity contribution in [2.75, 3.05) is 0 Å². The number of hydrogen-bond acceptors (Lipinski definition) is 2. The van der Waals surface area contributed by atoms with Gasteiger partial charge in [-0.2, -0.15) is 0 Å². The van der Waals surface area contributed by atoms with E-state index >= 15 is 0 Å². The Morgan fingerprint density at radius 1 is 1.22 bits per heavy atom. The van der Waals surface area contributed by atoms with Crippen molar-refractivity contribution in [2.24, 2.45) is 0 Å². The van der Waals surface area contributed by atoms with Crippen LogP contribution in [-0.2, 0) is 18.8 Å². The number of aromatic nitrogens is 3. The number of alkyl halides is 1. The van der Waals surface area contributed by atoms with Crippen LogP contribution in [0, 0.1) is 6.92 Å². The number of hydrogen-bond donors (Lipinski definition) is 0. The summed E-state index contributed by atoms with van der Waals surface area (Å²) in [7, 11) is 0. The van der Waals surface area contributed by atoms with Crippen molar-refractivity contribution in [3.8, 4) is 0 Å². The van der Waals surface area contributed by atoms with E-state index in [1.807, 2.05) is 4.68 Å². The number of nitrogens with zero attached hydrogens (tertiary/aromatic N) is 3. The fourth-order valence-electron chi connectivity index (χ4n) is 1.98. The number of aryl methyl sites for hydroxylation is 1. The Morgan fingerprint density at radius 3 is 2.56 bits per heavy atom. The third kappa shape index (κ3) is 2.91. The van der Waals surface area contributed by atoms with E-state index in [-0.39, 0.29) is 0 Å². The highest BCUT2D eigenvalue weighted by Crippen LogP contribution is 2.13. The first kappa shape index (κ1) is 13.1. The Bertz CT molecular complexity index is 502. The van der Waals surface area contributed by atoms with Gasteiger partial charge in [-0.15, -0.1) is 16.7 Å². The molecule has 96 valence electrons. The summed E-state index contributed by atoms with van der Waals surface area (Å²) in [5.74, 6) is 0.434. The molecule has 0 bridgehead atoms. The average molecular weight is 264 g/mol. The lowest BCUT2D eigenvalue weighted by Crippen LogP contribution is -2.07. The van der Waals surface area contributed by atoms with Gasteiger partial charge < -0.3 is 0 Å². The summed E-state index contributed by atoms with van der Waals surface area (Å²) < 4.78 is 1.96. The van der Waals surface area contributed by atoms with Crippen LogP contribution in [0.4, 0.5) is 0 Å². The van der Waals surface area contributed by atoms with Crippen molar-refractivity contribution in [1.82, 2.24) is 15.0 Å². The first-order valence-corrected chi connectivity index (χ1v) is 6.80. The Labute approximate surface area is 113 Å². The molecule has 0 aliphatic carbocycles. The SMILES string of the molecule is CCCc1c(CCl)nnn1Cc1ccc(C)cc1. The minimum atomic E-state index is 0.434. The van der Waals surface area contributed by atoms with Gasteiger partial charge in [-0.3, -0.25) is 0 Å². The Hall–Kier alpha value is -1.35. The van der Waals surface area contributed by atoms with Crippen LogP contribution < -0.4 is 0 Å². The predicted molar refractivity (Wildman–Crippen MR) is 73.9 cm³/mol. The van der Waals surface area contributed by atoms with Crippen LogP contribution in [0.5, 0.6) is 0 Å². The van der Waals surface area contributed by atoms with E-state index in [1.165, 1.54) is 11.1 Å². The Balaban J connectivity index is 2.22. The lowest BCUT2D eigenvalue weighted by molar-refractivity contribution is 0.613. The van der Waals surface area contributed by atoms with E-state index < -0.39 is 0 Å². The molecule has 1 aromatic carbocycles. The molecule has 0 aliphatic rings. The van der Waals surface area contributed by atoms with E-state index in [0.717, 1.165) is 30.8 Å². The summed E-state index contributed by atoms with van der Waals surface area (Å²) >= 11 is 5.89. The van der Waals surface area contributed by atoms with Gasteiger partial charge in [-0.05, 0) is 18.9 Å². The molecule has 1 aromatic heterocycles. The summed E-state index contributed by atoms with van der Waals surface area (Å²) in [6.45, 7) is 5.01. The number of rotatable bonds is 5. The van der Waals surface area contributed by atoms with Crippen LogP contribution in [0.1, 0.15) is 35.9 Å². The van der Waals surface area contributed by atoms with E-state index in [9.17, 15) is 0 Å². The monoisotopic (exact) mass is 263 g/mol. The number of benzene rings is 1. The Morgan fingerprint density at radius 2 is 1.94 bits per heavy atom. The van der Waals surface area contributed by atoms with Crippen molar-refractivity contribution in [1.29, 1.82) is 0 Å². The van der Waals surface area contributed by atoms with Crippen LogP contribution >= 0.6 is 11.6 Å². The van der Waals surface area contributed by atoms with Gasteiger partial charge in [0.15, 0.2) is 0 Å². The molecule has 0 atom stereocenters. The van der Waals surface area contributed by atoms with Gasteiger partial charge in [0, 0.05) is 0 Å². The average Bonchev–Trinajstić information content (AvgIpc) is 2.75. The molecule has 4 heteroatoms. The van der Waals surface area contributed by atoms with Gasteiger partial charge in [0.1, 0.15) is 5.69 Å². The lowest BCUT2D eigenvalue weighted by atomic mass is 10.1. The molecular weight excluding hydrogens is 246 g/mol. The van der Waals surface area contributed by atoms with Crippen molar-refractivity contribution < 1.29 is 0 Å². The molecule has 1 heterocycles. The third-order valence-corrected chi connectivity index (χ3v) is 3.24. The molecule has 18 heavy (non-hydrogen) atoms. The van der Waals surface area contributed by atoms with Crippen molar-refractivity contribution in [3.63, 3.8) is 0 Å². The zero-order valence-corrected chi connectivity index (χ0v) is 11.6. The molecule has 0 saturated heterocycles. The second-order valence-electron chi connectivity index (χ2n) is 4.51. The maximum absolute atomic E-state index is 5.89. The molecule has 0 fully saturated rings. The molecule has 0 spiro atoms. The molecular formula is C14H18ClN3. The van der Waals surface area contributed by atoms with Crippen molar-refractivity contribution in [3.05, 3.63) is 46.8 Å². The van der Waals surface area contributed by atoms with Gasteiger partial charge in [0.05, 0.1) is 18.1 Å². The van der Waals surface area contributed by atoms with Gasteiger partial charge in [0.25, 0.3) is 0 Å². The second-order valence-corrected chi connectivity index (χ2v) is 4.78. The van der Waals surface area contributed by atoms with Crippen LogP contribution in [0.25, 0.3) is 0 Å². The van der Waals surface area contributed by atoms with E-state index in [1.54, 1.807) is 0 Å². The summed E-state index contributed by atoms with van der Waals surface area (Å²) in [5, 5.41) is 8.35. The maximum atomic E-state index is 5.89. The summed E-state index contributed by atoms with van der Waals surface area (Å²) in [5.41, 5.74) is 4.58. The lowest BCUT2D eigenvalue weighted by Gasteiger charge is -2.07. The first-order valence-electron chi connectivity index (χ1n) is 6.27. The quantitative estimate of drug-likeness (QED) is 0.775. The molecule has 0 aliphatic heterocycles. The molecule has 0 saturated carbocycles. The highest BCUT2D eigenvalue weighted by Gasteiger charge is 2.11. The molecule has 0 radical (unpaired) electrons. The van der Waals surface area contributed by atoms with Gasteiger partial charge >= 0.3 is 0 Å². The van der Waals surface area contributed by atoms with Gasteiger partial charge in [-0.25, -0.2) is 4.68 Å². The van der Waals surface area contributed by atoms with Crippen LogP contribution in [0.2, 0.25) is 0 Å². The summed E-state index contributed by atoms with van der Waals surface area (Å²) in [4.78, 5) is 0. The summed E-state index contributed by atoms with van der Waals surface area (Å²) in [6, 6.07) is 8.50. The standard InChI is InChI=1S/C14H18ClN3/c1-3-4-14-13(9-15)16-17-18(14)10-12-7-5-11(2)6-8-12/h5-8H,3-4,9-10H2,1-2H3. The minimum Gasteiger partial charge on any atom is -0.245 e. The Kier molecular flexibility index (Phi) is 4.37. The van der Waals surface area contributed by atoms with Crippen LogP contribution in [-0.4, -0.2) is 15.0 Å².